The normalized spacial score (nSPS) is 11.2. The van der Waals surface area contributed by atoms with Crippen molar-refractivity contribution in [2.75, 3.05) is 11.8 Å². The number of hydrogen-bond donors (Lipinski definition) is 1. The minimum absolute atomic E-state index is 0.0532. The van der Waals surface area contributed by atoms with Gasteiger partial charge in [0, 0.05) is 10.5 Å². The van der Waals surface area contributed by atoms with Gasteiger partial charge in [-0.1, -0.05) is 15.9 Å². The summed E-state index contributed by atoms with van der Waals surface area (Å²) in [6, 6.07) is 8.53. The van der Waals surface area contributed by atoms with Gasteiger partial charge < -0.3 is 4.74 Å². The monoisotopic (exact) mass is 373 g/mol. The number of hydrogen-bond acceptors (Lipinski definition) is 3. The molecule has 0 heterocycles. The third-order valence-corrected chi connectivity index (χ3v) is 5.11. The van der Waals surface area contributed by atoms with Crippen LogP contribution in [0.2, 0.25) is 0 Å². The predicted molar refractivity (Wildman–Crippen MR) is 82.6 cm³/mol. The lowest BCUT2D eigenvalue weighted by Gasteiger charge is -2.10. The topological polar surface area (TPSA) is 55.4 Å². The first-order valence-corrected chi connectivity index (χ1v) is 8.23. The van der Waals surface area contributed by atoms with Gasteiger partial charge in [0.1, 0.15) is 0 Å². The van der Waals surface area contributed by atoms with Crippen molar-refractivity contribution < 1.29 is 17.5 Å². The van der Waals surface area contributed by atoms with E-state index in [1.165, 1.54) is 31.4 Å². The minimum Gasteiger partial charge on any atom is -0.494 e. The van der Waals surface area contributed by atoms with Crippen LogP contribution in [0.15, 0.2) is 45.8 Å². The van der Waals surface area contributed by atoms with E-state index in [4.69, 9.17) is 4.74 Å². The lowest BCUT2D eigenvalue weighted by Crippen LogP contribution is -2.13. The Hall–Kier alpha value is -1.60. The molecule has 0 saturated heterocycles. The van der Waals surface area contributed by atoms with Crippen molar-refractivity contribution in [1.29, 1.82) is 0 Å². The molecule has 0 atom stereocenters. The van der Waals surface area contributed by atoms with E-state index >= 15 is 0 Å². The van der Waals surface area contributed by atoms with E-state index in [1.807, 2.05) is 0 Å². The highest BCUT2D eigenvalue weighted by atomic mass is 79.9. The van der Waals surface area contributed by atoms with Gasteiger partial charge in [-0.3, -0.25) is 4.72 Å². The molecular weight excluding hydrogens is 361 g/mol. The molecule has 1 N–H and O–H groups in total. The summed E-state index contributed by atoms with van der Waals surface area (Å²) in [6.07, 6.45) is 0. The van der Waals surface area contributed by atoms with E-state index in [0.717, 1.165) is 16.1 Å². The quantitative estimate of drug-likeness (QED) is 0.888. The molecule has 7 heteroatoms. The van der Waals surface area contributed by atoms with Gasteiger partial charge in [-0.2, -0.15) is 0 Å². The fourth-order valence-electron chi connectivity index (χ4n) is 1.73. The molecule has 112 valence electrons. The molecule has 0 saturated carbocycles. The standard InChI is InChI=1S/C14H13BrFNO3S/c1-9-7-11(4-5-12(9)15)21(18,19)17-10-3-6-14(20-2)13(16)8-10/h3-8,17H,1-2H3. The fourth-order valence-corrected chi connectivity index (χ4v) is 3.11. The third kappa shape index (κ3) is 3.54. The van der Waals surface area contributed by atoms with Crippen LogP contribution in [0.5, 0.6) is 5.75 Å². The molecule has 2 aromatic rings. The van der Waals surface area contributed by atoms with Crippen molar-refractivity contribution in [2.24, 2.45) is 0 Å². The van der Waals surface area contributed by atoms with E-state index in [1.54, 1.807) is 13.0 Å². The predicted octanol–water partition coefficient (Wildman–Crippen LogP) is 3.71. The number of sulfonamides is 1. The SMILES string of the molecule is COc1ccc(NS(=O)(=O)c2ccc(Br)c(C)c2)cc1F. The lowest BCUT2D eigenvalue weighted by atomic mass is 10.2. The number of rotatable bonds is 4. The molecule has 2 rings (SSSR count). The van der Waals surface area contributed by atoms with Crippen LogP contribution in [-0.2, 0) is 10.0 Å². The molecule has 0 bridgehead atoms. The molecule has 0 aliphatic carbocycles. The maximum atomic E-state index is 13.6. The summed E-state index contributed by atoms with van der Waals surface area (Å²) in [5.74, 6) is -0.581. The molecule has 0 unspecified atom stereocenters. The van der Waals surface area contributed by atoms with Crippen LogP contribution in [0.25, 0.3) is 0 Å². The van der Waals surface area contributed by atoms with Gasteiger partial charge in [0.25, 0.3) is 10.0 Å². The van der Waals surface area contributed by atoms with E-state index in [-0.39, 0.29) is 16.3 Å². The average molecular weight is 374 g/mol. The Morgan fingerprint density at radius 1 is 1.19 bits per heavy atom. The summed E-state index contributed by atoms with van der Waals surface area (Å²) < 4.78 is 46.0. The van der Waals surface area contributed by atoms with Crippen LogP contribution in [0.3, 0.4) is 0 Å². The summed E-state index contributed by atoms with van der Waals surface area (Å²) in [7, 11) is -2.43. The summed E-state index contributed by atoms with van der Waals surface area (Å²) in [5.41, 5.74) is 0.924. The van der Waals surface area contributed by atoms with Gasteiger partial charge in [-0.25, -0.2) is 12.8 Å². The second-order valence-corrected chi connectivity index (χ2v) is 6.90. The molecule has 0 spiro atoms. The van der Waals surface area contributed by atoms with E-state index in [2.05, 4.69) is 20.7 Å². The molecular formula is C14H13BrFNO3S. The number of aryl methyl sites for hydroxylation is 1. The van der Waals surface area contributed by atoms with Crippen molar-refractivity contribution in [2.45, 2.75) is 11.8 Å². The third-order valence-electron chi connectivity index (χ3n) is 2.84. The Balaban J connectivity index is 2.32. The number of anilines is 1. The molecule has 21 heavy (non-hydrogen) atoms. The molecule has 0 radical (unpaired) electrons. The Labute approximate surface area is 131 Å². The number of nitrogens with one attached hydrogen (secondary N) is 1. The first-order chi connectivity index (χ1) is 9.83. The lowest BCUT2D eigenvalue weighted by molar-refractivity contribution is 0.386. The van der Waals surface area contributed by atoms with Crippen LogP contribution in [0.4, 0.5) is 10.1 Å². The first kappa shape index (κ1) is 15.8. The van der Waals surface area contributed by atoms with Crippen LogP contribution in [0, 0.1) is 12.7 Å². The first-order valence-electron chi connectivity index (χ1n) is 5.96. The second kappa shape index (κ2) is 6.03. The molecule has 0 fully saturated rings. The zero-order valence-electron chi connectivity index (χ0n) is 11.4. The Bertz CT molecular complexity index is 778. The van der Waals surface area contributed by atoms with Crippen molar-refractivity contribution in [1.82, 2.24) is 0 Å². The van der Waals surface area contributed by atoms with Crippen LogP contribution in [-0.4, -0.2) is 15.5 Å². The van der Waals surface area contributed by atoms with Gasteiger partial charge in [0.15, 0.2) is 11.6 Å². The zero-order chi connectivity index (χ0) is 15.6. The Morgan fingerprint density at radius 3 is 2.48 bits per heavy atom. The summed E-state index contributed by atoms with van der Waals surface area (Å²) in [4.78, 5) is 0.111. The maximum absolute atomic E-state index is 13.6. The van der Waals surface area contributed by atoms with Gasteiger partial charge >= 0.3 is 0 Å². The molecule has 2 aromatic carbocycles. The highest BCUT2D eigenvalue weighted by Gasteiger charge is 2.16. The number of methoxy groups -OCH3 is 1. The zero-order valence-corrected chi connectivity index (χ0v) is 13.8. The summed E-state index contributed by atoms with van der Waals surface area (Å²) >= 11 is 3.31. The molecule has 0 amide bonds. The number of halogens is 2. The van der Waals surface area contributed by atoms with Gasteiger partial charge in [0.05, 0.1) is 17.7 Å². The van der Waals surface area contributed by atoms with Crippen LogP contribution in [0.1, 0.15) is 5.56 Å². The molecule has 4 nitrogen and oxygen atoms in total. The molecule has 0 aliphatic rings. The molecule has 0 aromatic heterocycles. The van der Waals surface area contributed by atoms with Crippen molar-refractivity contribution in [3.05, 3.63) is 52.3 Å². The minimum atomic E-state index is -3.77. The Morgan fingerprint density at radius 2 is 1.90 bits per heavy atom. The summed E-state index contributed by atoms with van der Waals surface area (Å²) in [6.45, 7) is 1.79. The van der Waals surface area contributed by atoms with Crippen molar-refractivity contribution in [3.8, 4) is 5.75 Å². The largest absolute Gasteiger partial charge is 0.494 e. The highest BCUT2D eigenvalue weighted by Crippen LogP contribution is 2.24. The van der Waals surface area contributed by atoms with E-state index in [9.17, 15) is 12.8 Å². The average Bonchev–Trinajstić information content (AvgIpc) is 2.41. The van der Waals surface area contributed by atoms with Crippen LogP contribution >= 0.6 is 15.9 Å². The van der Waals surface area contributed by atoms with Gasteiger partial charge in [0.2, 0.25) is 0 Å². The number of ether oxygens (including phenoxy) is 1. The highest BCUT2D eigenvalue weighted by molar-refractivity contribution is 9.10. The van der Waals surface area contributed by atoms with Crippen LogP contribution < -0.4 is 9.46 Å². The van der Waals surface area contributed by atoms with Crippen molar-refractivity contribution >= 4 is 31.6 Å². The summed E-state index contributed by atoms with van der Waals surface area (Å²) in [5, 5.41) is 0. The second-order valence-electron chi connectivity index (χ2n) is 4.37. The maximum Gasteiger partial charge on any atom is 0.261 e. The number of benzene rings is 2. The Kier molecular flexibility index (Phi) is 4.53. The van der Waals surface area contributed by atoms with E-state index < -0.39 is 15.8 Å². The fraction of sp³-hybridized carbons (Fsp3) is 0.143. The van der Waals surface area contributed by atoms with Crippen molar-refractivity contribution in [3.63, 3.8) is 0 Å². The molecule has 0 aliphatic heterocycles. The van der Waals surface area contributed by atoms with Gasteiger partial charge in [-0.05, 0) is 42.8 Å². The van der Waals surface area contributed by atoms with Gasteiger partial charge in [-0.15, -0.1) is 0 Å². The van der Waals surface area contributed by atoms with E-state index in [0.29, 0.717) is 0 Å². The smallest absolute Gasteiger partial charge is 0.261 e.